The number of anilines is 3. The Labute approximate surface area is 148 Å². The van der Waals surface area contributed by atoms with Gasteiger partial charge in [0.2, 0.25) is 0 Å². The van der Waals surface area contributed by atoms with Crippen molar-refractivity contribution in [1.82, 2.24) is 0 Å². The minimum Gasteiger partial charge on any atom is -0.399 e. The molecule has 0 aliphatic carbocycles. The van der Waals surface area contributed by atoms with Gasteiger partial charge in [-0.2, -0.15) is 0 Å². The van der Waals surface area contributed by atoms with Crippen LogP contribution in [0.1, 0.15) is 22.3 Å². The van der Waals surface area contributed by atoms with Crippen molar-refractivity contribution in [2.24, 2.45) is 0 Å². The Hall–Kier alpha value is -2.94. The Kier molecular flexibility index (Phi) is 3.20. The minimum absolute atomic E-state index is 0.833. The molecule has 0 unspecified atom stereocenters. The summed E-state index contributed by atoms with van der Waals surface area (Å²) in [5.41, 5.74) is 15.2. The van der Waals surface area contributed by atoms with E-state index in [-0.39, 0.29) is 0 Å². The number of nitrogens with zero attached hydrogens (tertiary/aromatic N) is 2. The van der Waals surface area contributed by atoms with Gasteiger partial charge in [0.1, 0.15) is 0 Å². The van der Waals surface area contributed by atoms with Crippen molar-refractivity contribution in [3.05, 3.63) is 89.0 Å². The van der Waals surface area contributed by atoms with Gasteiger partial charge in [-0.3, -0.25) is 0 Å². The van der Waals surface area contributed by atoms with Crippen molar-refractivity contribution < 1.29 is 0 Å². The van der Waals surface area contributed by atoms with E-state index in [0.717, 1.165) is 31.9 Å². The fraction of sp³-hybridized carbons (Fsp3) is 0.182. The Morgan fingerprint density at radius 2 is 0.920 bits per heavy atom. The normalized spacial score (nSPS) is 15.4. The van der Waals surface area contributed by atoms with E-state index in [0.29, 0.717) is 0 Å². The highest BCUT2D eigenvalue weighted by Gasteiger charge is 2.22. The average molecular weight is 327 g/mol. The van der Waals surface area contributed by atoms with Crippen molar-refractivity contribution in [2.45, 2.75) is 26.2 Å². The summed E-state index contributed by atoms with van der Waals surface area (Å²) >= 11 is 0. The molecule has 0 amide bonds. The lowest BCUT2D eigenvalue weighted by Crippen LogP contribution is -2.18. The maximum absolute atomic E-state index is 6.25. The molecule has 2 aliphatic heterocycles. The first-order chi connectivity index (χ1) is 12.3. The molecule has 5 rings (SSSR count). The smallest absolute Gasteiger partial charge is 0.0436 e. The first kappa shape index (κ1) is 14.4. The molecule has 0 atom stereocenters. The molecule has 2 heterocycles. The minimum atomic E-state index is 0.833. The predicted molar refractivity (Wildman–Crippen MR) is 104 cm³/mol. The summed E-state index contributed by atoms with van der Waals surface area (Å²) in [6, 6.07) is 23.8. The van der Waals surface area contributed by atoms with Crippen molar-refractivity contribution >= 4 is 17.1 Å². The predicted octanol–water partition coefficient (Wildman–Crippen LogP) is 4.31. The molecule has 0 saturated carbocycles. The second kappa shape index (κ2) is 5.55. The molecule has 0 aromatic heterocycles. The van der Waals surface area contributed by atoms with Gasteiger partial charge in [-0.1, -0.05) is 48.5 Å². The van der Waals surface area contributed by atoms with Gasteiger partial charge in [0.25, 0.3) is 0 Å². The summed E-state index contributed by atoms with van der Waals surface area (Å²) in [7, 11) is 0. The van der Waals surface area contributed by atoms with Crippen LogP contribution in [0, 0.1) is 0 Å². The van der Waals surface area contributed by atoms with Gasteiger partial charge in [-0.15, -0.1) is 0 Å². The Morgan fingerprint density at radius 1 is 0.560 bits per heavy atom. The number of rotatable bonds is 2. The zero-order valence-electron chi connectivity index (χ0n) is 14.2. The third-order valence-electron chi connectivity index (χ3n) is 5.34. The molecule has 25 heavy (non-hydrogen) atoms. The highest BCUT2D eigenvalue weighted by molar-refractivity contribution is 5.69. The van der Waals surface area contributed by atoms with E-state index in [2.05, 4.69) is 76.5 Å². The summed E-state index contributed by atoms with van der Waals surface area (Å²) < 4.78 is 0. The summed E-state index contributed by atoms with van der Waals surface area (Å²) in [5, 5.41) is 0. The molecular weight excluding hydrogens is 306 g/mol. The molecule has 3 heteroatoms. The second-order valence-electron chi connectivity index (χ2n) is 7.03. The topological polar surface area (TPSA) is 32.5 Å². The maximum Gasteiger partial charge on any atom is 0.0436 e. The van der Waals surface area contributed by atoms with Crippen molar-refractivity contribution in [1.29, 1.82) is 0 Å². The molecule has 124 valence electrons. The van der Waals surface area contributed by atoms with Crippen molar-refractivity contribution in [3.8, 4) is 0 Å². The zero-order chi connectivity index (χ0) is 16.8. The number of hydrogen-bond donors (Lipinski definition) is 1. The van der Waals surface area contributed by atoms with Gasteiger partial charge in [-0.05, 0) is 40.5 Å². The van der Waals surface area contributed by atoms with Gasteiger partial charge in [0, 0.05) is 43.2 Å². The van der Waals surface area contributed by atoms with Gasteiger partial charge < -0.3 is 15.5 Å². The lowest BCUT2D eigenvalue weighted by atomic mass is 10.1. The first-order valence-electron chi connectivity index (χ1n) is 8.80. The van der Waals surface area contributed by atoms with Crippen LogP contribution in [0.25, 0.3) is 0 Å². The molecule has 0 spiro atoms. The number of nitrogens with two attached hydrogens (primary N) is 1. The molecule has 0 bridgehead atoms. The fourth-order valence-electron chi connectivity index (χ4n) is 4.01. The van der Waals surface area contributed by atoms with Crippen molar-refractivity contribution in [2.75, 3.05) is 15.5 Å². The molecule has 0 radical (unpaired) electrons. The highest BCUT2D eigenvalue weighted by atomic mass is 15.2. The fourth-order valence-corrected chi connectivity index (χ4v) is 4.01. The number of benzene rings is 3. The van der Waals surface area contributed by atoms with E-state index >= 15 is 0 Å². The number of fused-ring (bicyclic) bond motifs is 2. The lowest BCUT2D eigenvalue weighted by molar-refractivity contribution is 0.864. The number of hydrogen-bond acceptors (Lipinski definition) is 3. The summed E-state index contributed by atoms with van der Waals surface area (Å²) in [6.07, 6.45) is 0. The Balaban J connectivity index is 1.44. The lowest BCUT2D eigenvalue weighted by Gasteiger charge is -2.23. The molecule has 3 aromatic rings. The molecular formula is C22H21N3. The summed E-state index contributed by atoms with van der Waals surface area (Å²) in [6.45, 7) is 3.83. The van der Waals surface area contributed by atoms with Gasteiger partial charge in [0.05, 0.1) is 0 Å². The zero-order valence-corrected chi connectivity index (χ0v) is 14.2. The van der Waals surface area contributed by atoms with E-state index in [1.165, 1.54) is 33.6 Å². The Morgan fingerprint density at radius 3 is 1.28 bits per heavy atom. The molecule has 2 N–H and O–H groups in total. The molecule has 3 aromatic carbocycles. The van der Waals surface area contributed by atoms with Crippen LogP contribution in [0.4, 0.5) is 17.1 Å². The highest BCUT2D eigenvalue weighted by Crippen LogP contribution is 2.35. The number of nitrogen functional groups attached to an aromatic ring is 1. The van der Waals surface area contributed by atoms with Crippen LogP contribution >= 0.6 is 0 Å². The van der Waals surface area contributed by atoms with E-state index < -0.39 is 0 Å². The van der Waals surface area contributed by atoms with Crippen LogP contribution in [0.2, 0.25) is 0 Å². The van der Waals surface area contributed by atoms with Gasteiger partial charge >= 0.3 is 0 Å². The van der Waals surface area contributed by atoms with E-state index in [4.69, 9.17) is 5.73 Å². The van der Waals surface area contributed by atoms with Crippen LogP contribution in [-0.2, 0) is 26.2 Å². The maximum atomic E-state index is 6.25. The average Bonchev–Trinajstić information content (AvgIpc) is 3.25. The largest absolute Gasteiger partial charge is 0.399 e. The third-order valence-corrected chi connectivity index (χ3v) is 5.34. The SMILES string of the molecule is Nc1cc(N2Cc3ccccc3C2)cc(N2Cc3ccccc3C2)c1. The van der Waals surface area contributed by atoms with Gasteiger partial charge in [0.15, 0.2) is 0 Å². The van der Waals surface area contributed by atoms with E-state index in [9.17, 15) is 0 Å². The standard InChI is InChI=1S/C22H21N3/c23-20-9-21(24-12-16-5-1-2-6-17(16)13-24)11-22(10-20)25-14-18-7-3-4-8-19(18)15-25/h1-11H,12-15,23H2. The van der Waals surface area contributed by atoms with Crippen LogP contribution in [0.3, 0.4) is 0 Å². The monoisotopic (exact) mass is 327 g/mol. The van der Waals surface area contributed by atoms with Crippen LogP contribution < -0.4 is 15.5 Å². The Bertz CT molecular complexity index is 824. The van der Waals surface area contributed by atoms with Crippen molar-refractivity contribution in [3.63, 3.8) is 0 Å². The van der Waals surface area contributed by atoms with Gasteiger partial charge in [-0.25, -0.2) is 0 Å². The van der Waals surface area contributed by atoms with Crippen LogP contribution in [0.5, 0.6) is 0 Å². The first-order valence-corrected chi connectivity index (χ1v) is 8.80. The third kappa shape index (κ3) is 2.52. The molecule has 3 nitrogen and oxygen atoms in total. The molecule has 0 fully saturated rings. The summed E-state index contributed by atoms with van der Waals surface area (Å²) in [5.74, 6) is 0. The van der Waals surface area contributed by atoms with E-state index in [1.54, 1.807) is 0 Å². The molecule has 0 saturated heterocycles. The van der Waals surface area contributed by atoms with E-state index in [1.807, 2.05) is 0 Å². The molecule has 2 aliphatic rings. The quantitative estimate of drug-likeness (QED) is 0.712. The van der Waals surface area contributed by atoms with Crippen LogP contribution in [-0.4, -0.2) is 0 Å². The van der Waals surface area contributed by atoms with Crippen LogP contribution in [0.15, 0.2) is 66.7 Å². The second-order valence-corrected chi connectivity index (χ2v) is 7.03. The summed E-state index contributed by atoms with van der Waals surface area (Å²) in [4.78, 5) is 4.82.